The lowest BCUT2D eigenvalue weighted by atomic mass is 10.0. The summed E-state index contributed by atoms with van der Waals surface area (Å²) in [5.74, 6) is 1.52. The molecule has 24 heavy (non-hydrogen) atoms. The zero-order chi connectivity index (χ0) is 16.9. The molecule has 0 saturated carbocycles. The lowest BCUT2D eigenvalue weighted by Crippen LogP contribution is -2.24. The maximum Gasteiger partial charge on any atom is 0.251 e. The Morgan fingerprint density at radius 2 is 2.04 bits per heavy atom. The molecule has 0 aliphatic carbocycles. The maximum atomic E-state index is 11.8. The van der Waals surface area contributed by atoms with Crippen molar-refractivity contribution in [2.75, 3.05) is 26.0 Å². The van der Waals surface area contributed by atoms with E-state index in [1.165, 1.54) is 0 Å². The van der Waals surface area contributed by atoms with Gasteiger partial charge in [0.15, 0.2) is 0 Å². The van der Waals surface area contributed by atoms with Gasteiger partial charge in [-0.25, -0.2) is 0 Å². The first-order valence-electron chi connectivity index (χ1n) is 8.09. The third-order valence-electron chi connectivity index (χ3n) is 4.19. The largest absolute Gasteiger partial charge is 0.497 e. The Hall–Kier alpha value is -2.69. The van der Waals surface area contributed by atoms with Crippen LogP contribution in [-0.2, 0) is 6.42 Å². The van der Waals surface area contributed by atoms with E-state index in [2.05, 4.69) is 10.6 Å². The minimum absolute atomic E-state index is 0.0629. The van der Waals surface area contributed by atoms with Crippen LogP contribution >= 0.6 is 0 Å². The van der Waals surface area contributed by atoms with Gasteiger partial charge in [-0.2, -0.15) is 0 Å². The summed E-state index contributed by atoms with van der Waals surface area (Å²) in [5, 5.41) is 6.08. The van der Waals surface area contributed by atoms with Gasteiger partial charge in [0.2, 0.25) is 0 Å². The molecule has 5 heteroatoms. The van der Waals surface area contributed by atoms with Crippen LogP contribution in [0.2, 0.25) is 0 Å². The lowest BCUT2D eigenvalue weighted by molar-refractivity contribution is 0.0963. The van der Waals surface area contributed by atoms with Gasteiger partial charge in [-0.1, -0.05) is 6.07 Å². The first-order valence-corrected chi connectivity index (χ1v) is 8.09. The van der Waals surface area contributed by atoms with E-state index >= 15 is 0 Å². The number of rotatable bonds is 4. The van der Waals surface area contributed by atoms with Crippen LogP contribution in [0.25, 0.3) is 0 Å². The number of fused-ring (bicyclic) bond motifs is 1. The minimum Gasteiger partial charge on any atom is -0.497 e. The molecule has 2 aromatic carbocycles. The standard InChI is InChI=1S/C19H22N2O3/c1-20-19(22)14-7-9-18-13(10-14)6-8-17(12-21-18)24-16-5-3-4-15(11-16)23-2/h3-5,7,9-11,17,21H,6,8,12H2,1-2H3,(H,20,22). The van der Waals surface area contributed by atoms with Crippen molar-refractivity contribution in [3.05, 3.63) is 53.6 Å². The molecule has 3 rings (SSSR count). The summed E-state index contributed by atoms with van der Waals surface area (Å²) >= 11 is 0. The van der Waals surface area contributed by atoms with Crippen LogP contribution in [0, 0.1) is 0 Å². The van der Waals surface area contributed by atoms with Gasteiger partial charge in [-0.05, 0) is 48.7 Å². The molecule has 0 spiro atoms. The quantitative estimate of drug-likeness (QED) is 0.907. The molecule has 0 saturated heterocycles. The molecule has 1 unspecified atom stereocenters. The molecular formula is C19H22N2O3. The highest BCUT2D eigenvalue weighted by Gasteiger charge is 2.18. The molecule has 0 aromatic heterocycles. The summed E-state index contributed by atoms with van der Waals surface area (Å²) in [6.45, 7) is 0.726. The lowest BCUT2D eigenvalue weighted by Gasteiger charge is -2.17. The number of ether oxygens (including phenoxy) is 2. The Bertz CT molecular complexity index is 730. The number of benzene rings is 2. The number of methoxy groups -OCH3 is 1. The number of anilines is 1. The summed E-state index contributed by atoms with van der Waals surface area (Å²) in [4.78, 5) is 11.8. The molecule has 1 heterocycles. The number of carbonyl (C=O) groups excluding carboxylic acids is 1. The zero-order valence-electron chi connectivity index (χ0n) is 14.0. The molecule has 126 valence electrons. The Labute approximate surface area is 142 Å². The minimum atomic E-state index is -0.0637. The van der Waals surface area contributed by atoms with Crippen molar-refractivity contribution in [1.82, 2.24) is 5.32 Å². The maximum absolute atomic E-state index is 11.8. The number of carbonyl (C=O) groups is 1. The van der Waals surface area contributed by atoms with Crippen molar-refractivity contribution in [3.8, 4) is 11.5 Å². The fourth-order valence-corrected chi connectivity index (χ4v) is 2.87. The van der Waals surface area contributed by atoms with E-state index in [9.17, 15) is 4.79 Å². The van der Waals surface area contributed by atoms with Crippen LogP contribution in [0.1, 0.15) is 22.3 Å². The van der Waals surface area contributed by atoms with Crippen LogP contribution in [-0.4, -0.2) is 32.7 Å². The van der Waals surface area contributed by atoms with Crippen LogP contribution in [0.3, 0.4) is 0 Å². The second kappa shape index (κ2) is 7.25. The summed E-state index contributed by atoms with van der Waals surface area (Å²) in [6, 6.07) is 13.4. The summed E-state index contributed by atoms with van der Waals surface area (Å²) < 4.78 is 11.3. The zero-order valence-corrected chi connectivity index (χ0v) is 14.0. The highest BCUT2D eigenvalue weighted by atomic mass is 16.5. The Kier molecular flexibility index (Phi) is 4.89. The molecule has 0 radical (unpaired) electrons. The van der Waals surface area contributed by atoms with Crippen molar-refractivity contribution >= 4 is 11.6 Å². The van der Waals surface area contributed by atoms with E-state index in [4.69, 9.17) is 9.47 Å². The monoisotopic (exact) mass is 326 g/mol. The van der Waals surface area contributed by atoms with Crippen molar-refractivity contribution in [3.63, 3.8) is 0 Å². The first kappa shape index (κ1) is 16.2. The number of aryl methyl sites for hydroxylation is 1. The molecule has 1 aliphatic rings. The first-order chi connectivity index (χ1) is 11.7. The number of hydrogen-bond acceptors (Lipinski definition) is 4. The Morgan fingerprint density at radius 1 is 1.21 bits per heavy atom. The van der Waals surface area contributed by atoms with Crippen molar-refractivity contribution in [2.45, 2.75) is 18.9 Å². The average Bonchev–Trinajstić information content (AvgIpc) is 2.83. The van der Waals surface area contributed by atoms with Gasteiger partial charge in [-0.3, -0.25) is 4.79 Å². The second-order valence-corrected chi connectivity index (χ2v) is 5.79. The second-order valence-electron chi connectivity index (χ2n) is 5.79. The van der Waals surface area contributed by atoms with E-state index in [1.54, 1.807) is 14.2 Å². The summed E-state index contributed by atoms with van der Waals surface area (Å²) in [6.07, 6.45) is 1.81. The van der Waals surface area contributed by atoms with Gasteiger partial charge in [-0.15, -0.1) is 0 Å². The van der Waals surface area contributed by atoms with E-state index in [1.807, 2.05) is 42.5 Å². The fraction of sp³-hybridized carbons (Fsp3) is 0.316. The van der Waals surface area contributed by atoms with Gasteiger partial charge in [0.1, 0.15) is 17.6 Å². The topological polar surface area (TPSA) is 59.6 Å². The summed E-state index contributed by atoms with van der Waals surface area (Å²) in [7, 11) is 3.29. The number of amides is 1. The molecule has 2 N–H and O–H groups in total. The Balaban J connectivity index is 1.69. The molecule has 1 atom stereocenters. The molecule has 1 amide bonds. The van der Waals surface area contributed by atoms with Crippen LogP contribution in [0.4, 0.5) is 5.69 Å². The fourth-order valence-electron chi connectivity index (χ4n) is 2.87. The van der Waals surface area contributed by atoms with Gasteiger partial charge in [0, 0.05) is 24.4 Å². The number of hydrogen-bond donors (Lipinski definition) is 2. The molecular weight excluding hydrogens is 304 g/mol. The van der Waals surface area contributed by atoms with E-state index in [0.29, 0.717) is 5.56 Å². The molecule has 0 fully saturated rings. The summed E-state index contributed by atoms with van der Waals surface area (Å²) in [5.41, 5.74) is 2.90. The SMILES string of the molecule is CNC(=O)c1ccc2c(c1)CCC(Oc1cccc(OC)c1)CN2. The third-order valence-corrected chi connectivity index (χ3v) is 4.19. The van der Waals surface area contributed by atoms with Crippen molar-refractivity contribution in [1.29, 1.82) is 0 Å². The molecule has 2 aromatic rings. The molecule has 5 nitrogen and oxygen atoms in total. The van der Waals surface area contributed by atoms with Crippen LogP contribution < -0.4 is 20.1 Å². The van der Waals surface area contributed by atoms with Crippen molar-refractivity contribution < 1.29 is 14.3 Å². The van der Waals surface area contributed by atoms with Crippen LogP contribution in [0.15, 0.2) is 42.5 Å². The van der Waals surface area contributed by atoms with E-state index in [-0.39, 0.29) is 12.0 Å². The smallest absolute Gasteiger partial charge is 0.251 e. The predicted octanol–water partition coefficient (Wildman–Crippen LogP) is 2.86. The van der Waals surface area contributed by atoms with Gasteiger partial charge in [0.25, 0.3) is 5.91 Å². The average molecular weight is 326 g/mol. The van der Waals surface area contributed by atoms with E-state index in [0.717, 1.165) is 42.1 Å². The number of nitrogens with one attached hydrogen (secondary N) is 2. The van der Waals surface area contributed by atoms with E-state index < -0.39 is 0 Å². The van der Waals surface area contributed by atoms with Crippen LogP contribution in [0.5, 0.6) is 11.5 Å². The molecule has 0 bridgehead atoms. The van der Waals surface area contributed by atoms with Crippen molar-refractivity contribution in [2.24, 2.45) is 0 Å². The molecule has 1 aliphatic heterocycles. The van der Waals surface area contributed by atoms with Gasteiger partial charge in [0.05, 0.1) is 13.7 Å². The third kappa shape index (κ3) is 3.62. The predicted molar refractivity (Wildman–Crippen MR) is 94.1 cm³/mol. The highest BCUT2D eigenvalue weighted by Crippen LogP contribution is 2.26. The highest BCUT2D eigenvalue weighted by molar-refractivity contribution is 5.94. The Morgan fingerprint density at radius 3 is 2.83 bits per heavy atom. The normalized spacial score (nSPS) is 16.3. The van der Waals surface area contributed by atoms with Gasteiger partial charge >= 0.3 is 0 Å². The van der Waals surface area contributed by atoms with Gasteiger partial charge < -0.3 is 20.1 Å².